The van der Waals surface area contributed by atoms with E-state index in [0.29, 0.717) is 11.5 Å². The number of nitrogens with zero attached hydrogens (tertiary/aromatic N) is 3. The number of hydrogen-bond donors (Lipinski definition) is 1. The predicted octanol–water partition coefficient (Wildman–Crippen LogP) is 8.41. The summed E-state index contributed by atoms with van der Waals surface area (Å²) >= 11 is 0. The Morgan fingerprint density at radius 1 is 0.867 bits per heavy atom. The zero-order valence-corrected chi connectivity index (χ0v) is 36.1. The maximum Gasteiger partial charge on any atom is 0.330 e. The number of nitrogens with one attached hydrogen (secondary N) is 1. The molecule has 13 nitrogen and oxygen atoms in total. The molecule has 3 heterocycles. The highest BCUT2D eigenvalue weighted by Gasteiger charge is 2.68. The highest BCUT2D eigenvalue weighted by Crippen LogP contribution is 2.58. The van der Waals surface area contributed by atoms with Gasteiger partial charge in [-0.3, -0.25) is 14.3 Å². The maximum absolute atomic E-state index is 13.3. The second-order valence-corrected chi connectivity index (χ2v) is 15.5. The molecule has 2 bridgehead atoms. The number of aromatic nitrogens is 2. The van der Waals surface area contributed by atoms with Crippen LogP contribution >= 0.6 is 35.5 Å². The standard InChI is InChI=1S/C41H49N4O9P.3CH4.2H2S/c1-27(2)45(28(3)4)55(51-25-11-23-42)54-37-36-38(44-24-22-35(46)43-39(44)47)53-40(37,29(5)52-36)26-50-41(30-12-9-8-10-13-30,31-14-18-33(48-6)19-15-31)32-16-20-34(49-7)21-17-32;;;;;/h8-10,12-22,24,27-29,36-38H,11,25-26H2,1-7H3,(H,43,46,47);3*1H4;2*1H2/t29-,36-,37+,38-,40+,55?;;;;;/m1...../s1. The second-order valence-electron chi connectivity index (χ2n) is 14.1. The number of fused-ring (bicyclic) bond motifs is 2. The lowest BCUT2D eigenvalue weighted by Gasteiger charge is -2.43. The van der Waals surface area contributed by atoms with Crippen molar-refractivity contribution in [2.75, 3.05) is 27.4 Å². The van der Waals surface area contributed by atoms with Crippen LogP contribution in [0.4, 0.5) is 0 Å². The lowest BCUT2D eigenvalue weighted by molar-refractivity contribution is -0.231. The smallest absolute Gasteiger partial charge is 0.330 e. The molecule has 0 spiro atoms. The first kappa shape index (κ1) is 54.3. The Bertz CT molecular complexity index is 1990. The third-order valence-corrected chi connectivity index (χ3v) is 12.2. The number of nitriles is 1. The summed E-state index contributed by atoms with van der Waals surface area (Å²) in [5, 5.41) is 9.38. The molecule has 3 aromatic carbocycles. The van der Waals surface area contributed by atoms with Crippen LogP contribution in [0.1, 0.15) is 86.2 Å². The van der Waals surface area contributed by atoms with Gasteiger partial charge in [-0.2, -0.15) is 32.3 Å². The fourth-order valence-electron chi connectivity index (χ4n) is 7.52. The molecule has 0 amide bonds. The number of methoxy groups -OCH3 is 2. The van der Waals surface area contributed by atoms with Gasteiger partial charge in [-0.25, -0.2) is 9.46 Å². The molecule has 2 aliphatic heterocycles. The summed E-state index contributed by atoms with van der Waals surface area (Å²) in [4.78, 5) is 27.7. The van der Waals surface area contributed by atoms with Crippen molar-refractivity contribution >= 4 is 35.5 Å². The molecule has 1 N–H and O–H groups in total. The van der Waals surface area contributed by atoms with E-state index in [-0.39, 0.29) is 81.0 Å². The summed E-state index contributed by atoms with van der Waals surface area (Å²) in [6.45, 7) is 10.2. The van der Waals surface area contributed by atoms with Crippen LogP contribution < -0.4 is 20.7 Å². The lowest BCUT2D eigenvalue weighted by atomic mass is 9.79. The fraction of sp³-hybridized carbons (Fsp3) is 0.477. The fourth-order valence-corrected chi connectivity index (χ4v) is 9.31. The molecule has 6 atom stereocenters. The SMILES string of the molecule is C.C.C.COc1ccc(C(OC[C@]23O[C@@H](n4ccc(=O)[nH]c4=O)[C@H](O[C@@H]2C)[C@@H]3OP(OCCC#N)N(C(C)C)C(C)C)(c2ccccc2)c2ccc(OC)cc2)cc1.S.S. The average Bonchev–Trinajstić information content (AvgIpc) is 3.62. The summed E-state index contributed by atoms with van der Waals surface area (Å²) in [5.74, 6) is 1.37. The Balaban J connectivity index is 0.00000360. The number of benzene rings is 3. The van der Waals surface area contributed by atoms with Crippen LogP contribution in [0.3, 0.4) is 0 Å². The van der Waals surface area contributed by atoms with E-state index < -0.39 is 55.5 Å². The van der Waals surface area contributed by atoms with Crippen LogP contribution in [0.15, 0.2) is 101 Å². The van der Waals surface area contributed by atoms with Gasteiger partial charge in [0.15, 0.2) is 6.23 Å². The minimum atomic E-state index is -1.78. The largest absolute Gasteiger partial charge is 0.497 e. The molecule has 2 saturated heterocycles. The monoisotopic (exact) mass is 888 g/mol. The third kappa shape index (κ3) is 10.7. The van der Waals surface area contributed by atoms with Gasteiger partial charge in [0.25, 0.3) is 14.1 Å². The highest BCUT2D eigenvalue weighted by molar-refractivity contribution is 7.59. The van der Waals surface area contributed by atoms with Gasteiger partial charge in [0.2, 0.25) is 0 Å². The van der Waals surface area contributed by atoms with Crippen molar-refractivity contribution in [3.8, 4) is 17.6 Å². The number of H-pyrrole nitrogens is 1. The van der Waals surface area contributed by atoms with E-state index in [1.807, 2.05) is 85.8 Å². The van der Waals surface area contributed by atoms with Gasteiger partial charge in [-0.1, -0.05) is 76.9 Å². The molecule has 16 heteroatoms. The van der Waals surface area contributed by atoms with Crippen molar-refractivity contribution < 1.29 is 32.7 Å². The summed E-state index contributed by atoms with van der Waals surface area (Å²) < 4.78 is 49.0. The number of hydrogen-bond acceptors (Lipinski definition) is 11. The van der Waals surface area contributed by atoms with E-state index in [4.69, 9.17) is 32.7 Å². The van der Waals surface area contributed by atoms with Crippen molar-refractivity contribution in [2.24, 2.45) is 0 Å². The van der Waals surface area contributed by atoms with E-state index >= 15 is 0 Å². The van der Waals surface area contributed by atoms with E-state index in [9.17, 15) is 14.9 Å². The molecule has 2 fully saturated rings. The van der Waals surface area contributed by atoms with Crippen molar-refractivity contribution in [2.45, 2.75) is 111 Å². The van der Waals surface area contributed by atoms with E-state index in [0.717, 1.165) is 16.7 Å². The zero-order valence-electron chi connectivity index (χ0n) is 33.2. The maximum atomic E-state index is 13.3. The van der Waals surface area contributed by atoms with Crippen molar-refractivity contribution in [3.05, 3.63) is 129 Å². The van der Waals surface area contributed by atoms with Crippen molar-refractivity contribution in [3.63, 3.8) is 0 Å². The van der Waals surface area contributed by atoms with Gasteiger partial charge < -0.3 is 32.7 Å². The zero-order chi connectivity index (χ0) is 39.3. The van der Waals surface area contributed by atoms with Crippen molar-refractivity contribution in [1.29, 1.82) is 5.26 Å². The molecule has 332 valence electrons. The van der Waals surface area contributed by atoms with Crippen LogP contribution in [-0.2, 0) is 28.9 Å². The molecule has 60 heavy (non-hydrogen) atoms. The molecule has 0 aliphatic carbocycles. The number of aromatic amines is 1. The summed E-state index contributed by atoms with van der Waals surface area (Å²) in [6, 6.07) is 28.8. The summed E-state index contributed by atoms with van der Waals surface area (Å²) in [6.07, 6.45) is -1.61. The van der Waals surface area contributed by atoms with Crippen LogP contribution in [0, 0.1) is 11.3 Å². The van der Waals surface area contributed by atoms with Crippen LogP contribution in [-0.4, -0.2) is 77.7 Å². The molecule has 1 aromatic heterocycles. The normalized spacial score (nSPS) is 20.8. The minimum Gasteiger partial charge on any atom is -0.497 e. The molecule has 2 aliphatic rings. The minimum absolute atomic E-state index is 0. The van der Waals surface area contributed by atoms with Gasteiger partial charge in [-0.05, 0) is 75.6 Å². The van der Waals surface area contributed by atoms with Gasteiger partial charge in [0.1, 0.15) is 34.9 Å². The molecule has 6 rings (SSSR count). The second kappa shape index (κ2) is 23.5. The quantitative estimate of drug-likeness (QED) is 0.0620. The first-order chi connectivity index (χ1) is 26.5. The van der Waals surface area contributed by atoms with Gasteiger partial charge in [-0.15, -0.1) is 0 Å². The number of ether oxygens (including phenoxy) is 5. The van der Waals surface area contributed by atoms with Gasteiger partial charge >= 0.3 is 5.69 Å². The van der Waals surface area contributed by atoms with Gasteiger partial charge in [0.05, 0.1) is 46.0 Å². The topological polar surface area (TPSA) is 147 Å². The first-order valence-corrected chi connectivity index (χ1v) is 19.5. The van der Waals surface area contributed by atoms with E-state index in [1.165, 1.54) is 16.8 Å². The molecule has 0 radical (unpaired) electrons. The molecule has 0 saturated carbocycles. The Kier molecular flexibility index (Phi) is 21.3. The van der Waals surface area contributed by atoms with Gasteiger partial charge in [0, 0.05) is 24.3 Å². The van der Waals surface area contributed by atoms with Crippen LogP contribution in [0.2, 0.25) is 0 Å². The number of rotatable bonds is 17. The van der Waals surface area contributed by atoms with E-state index in [2.05, 4.69) is 43.4 Å². The third-order valence-electron chi connectivity index (χ3n) is 10.1. The highest BCUT2D eigenvalue weighted by atomic mass is 32.1. The Hall–Kier alpha value is -3.68. The Morgan fingerprint density at radius 3 is 1.88 bits per heavy atom. The average molecular weight is 889 g/mol. The van der Waals surface area contributed by atoms with Crippen LogP contribution in [0.25, 0.3) is 0 Å². The summed E-state index contributed by atoms with van der Waals surface area (Å²) in [5.41, 5.74) is -1.20. The predicted molar refractivity (Wildman–Crippen MR) is 248 cm³/mol. The molecule has 1 unspecified atom stereocenters. The summed E-state index contributed by atoms with van der Waals surface area (Å²) in [7, 11) is 1.47. The van der Waals surface area contributed by atoms with Crippen LogP contribution in [0.5, 0.6) is 11.5 Å². The van der Waals surface area contributed by atoms with Crippen molar-refractivity contribution in [1.82, 2.24) is 14.2 Å². The molecule has 4 aromatic rings. The Labute approximate surface area is 371 Å². The van der Waals surface area contributed by atoms with E-state index in [1.54, 1.807) is 14.2 Å². The Morgan fingerprint density at radius 2 is 1.40 bits per heavy atom. The molecular formula is C44H65N4O9PS2. The lowest BCUT2D eigenvalue weighted by Crippen LogP contribution is -2.53. The molecular weight excluding hydrogens is 824 g/mol. The first-order valence-electron chi connectivity index (χ1n) is 18.4.